The van der Waals surface area contributed by atoms with Gasteiger partial charge in [-0.1, -0.05) is 6.07 Å². The molecule has 5 aliphatic rings. The van der Waals surface area contributed by atoms with Crippen molar-refractivity contribution < 1.29 is 18.0 Å². The second kappa shape index (κ2) is 8.13. The summed E-state index contributed by atoms with van der Waals surface area (Å²) < 4.78 is 27.1. The van der Waals surface area contributed by atoms with Crippen LogP contribution < -0.4 is 10.6 Å². The Morgan fingerprint density at radius 2 is 1.62 bits per heavy atom. The van der Waals surface area contributed by atoms with E-state index in [0.717, 1.165) is 32.1 Å². The summed E-state index contributed by atoms with van der Waals surface area (Å²) in [7, 11) is -3.55. The van der Waals surface area contributed by atoms with Gasteiger partial charge < -0.3 is 10.6 Å². The Morgan fingerprint density at radius 1 is 1.03 bits per heavy atom. The number of benzene rings is 1. The maximum absolute atomic E-state index is 13.2. The predicted octanol–water partition coefficient (Wildman–Crippen LogP) is 3.13. The summed E-state index contributed by atoms with van der Waals surface area (Å²) in [6.45, 7) is 2.76. The molecule has 1 aromatic carbocycles. The summed E-state index contributed by atoms with van der Waals surface area (Å²) in [5.41, 5.74) is 0.124. The summed E-state index contributed by atoms with van der Waals surface area (Å²) in [4.78, 5) is 26.2. The third-order valence-corrected chi connectivity index (χ3v) is 9.96. The van der Waals surface area contributed by atoms with Crippen LogP contribution in [0.3, 0.4) is 0 Å². The minimum absolute atomic E-state index is 0.0182. The summed E-state index contributed by atoms with van der Waals surface area (Å²) in [5.74, 6) is 1.67. The van der Waals surface area contributed by atoms with Crippen LogP contribution >= 0.6 is 0 Å². The number of hydrogen-bond donors (Lipinski definition) is 2. The Labute approximate surface area is 190 Å². The lowest BCUT2D eigenvalue weighted by atomic mass is 9.49. The Bertz CT molecular complexity index is 981. The molecular weight excluding hydrogens is 426 g/mol. The largest absolute Gasteiger partial charge is 0.344 e. The molecule has 2 N–H and O–H groups in total. The van der Waals surface area contributed by atoms with E-state index in [-0.39, 0.29) is 22.1 Å². The number of hydrogen-bond acceptors (Lipinski definition) is 4. The predicted molar refractivity (Wildman–Crippen MR) is 121 cm³/mol. The Hall–Kier alpha value is -1.93. The summed E-state index contributed by atoms with van der Waals surface area (Å²) in [6.07, 6.45) is 8.39. The van der Waals surface area contributed by atoms with E-state index in [1.54, 1.807) is 25.1 Å². The van der Waals surface area contributed by atoms with E-state index in [2.05, 4.69) is 10.6 Å². The highest BCUT2D eigenvalue weighted by Gasteiger charge is 2.54. The Balaban J connectivity index is 1.23. The van der Waals surface area contributed by atoms with Gasteiger partial charge in [-0.15, -0.1) is 0 Å². The molecule has 7 nitrogen and oxygen atoms in total. The zero-order valence-corrected chi connectivity index (χ0v) is 19.5. The smallest absolute Gasteiger partial charge is 0.246 e. The van der Waals surface area contributed by atoms with Crippen LogP contribution in [0.1, 0.15) is 58.3 Å². The Kier molecular flexibility index (Phi) is 5.56. The second-order valence-corrected chi connectivity index (χ2v) is 12.5. The molecule has 2 amide bonds. The van der Waals surface area contributed by atoms with Gasteiger partial charge in [0, 0.05) is 24.2 Å². The van der Waals surface area contributed by atoms with E-state index >= 15 is 0 Å². The molecule has 4 bridgehead atoms. The first-order chi connectivity index (χ1) is 15.2. The van der Waals surface area contributed by atoms with Gasteiger partial charge in [0.1, 0.15) is 6.04 Å². The number of sulfonamides is 1. The van der Waals surface area contributed by atoms with Crippen LogP contribution in [0.2, 0.25) is 0 Å². The molecule has 32 heavy (non-hydrogen) atoms. The third-order valence-electron chi connectivity index (χ3n) is 8.07. The van der Waals surface area contributed by atoms with E-state index in [1.165, 1.54) is 29.6 Å². The van der Waals surface area contributed by atoms with E-state index in [1.807, 2.05) is 0 Å². The molecular formula is C24H33N3O4S. The fraction of sp³-hybridized carbons (Fsp3) is 0.667. The van der Waals surface area contributed by atoms with Gasteiger partial charge >= 0.3 is 0 Å². The van der Waals surface area contributed by atoms with Crippen LogP contribution in [-0.2, 0) is 19.6 Å². The van der Waals surface area contributed by atoms with Crippen LogP contribution in [0, 0.1) is 23.2 Å². The molecule has 1 atom stereocenters. The maximum Gasteiger partial charge on any atom is 0.246 e. The van der Waals surface area contributed by atoms with Crippen LogP contribution in [0.4, 0.5) is 5.69 Å². The van der Waals surface area contributed by atoms with Crippen LogP contribution in [-0.4, -0.2) is 43.7 Å². The number of carbonyl (C=O) groups is 2. The normalized spacial score (nSPS) is 32.6. The zero-order chi connectivity index (χ0) is 22.5. The quantitative estimate of drug-likeness (QED) is 0.683. The molecule has 6 rings (SSSR count). The first-order valence-electron chi connectivity index (χ1n) is 12.0. The van der Waals surface area contributed by atoms with Gasteiger partial charge in [0.2, 0.25) is 21.8 Å². The highest BCUT2D eigenvalue weighted by atomic mass is 32.2. The van der Waals surface area contributed by atoms with Crippen molar-refractivity contribution in [3.05, 3.63) is 24.3 Å². The summed E-state index contributed by atoms with van der Waals surface area (Å²) in [6, 6.07) is 5.68. The SMILES string of the molecule is C[C@H](NC(=O)C12CC3CC(CC(C3)C1)C2)C(=O)Nc1cccc(S(=O)(=O)N2CCCC2)c1. The molecule has 1 aliphatic heterocycles. The molecule has 0 spiro atoms. The number of carbonyl (C=O) groups excluding carboxylic acids is 2. The third kappa shape index (κ3) is 3.96. The number of rotatable bonds is 6. The van der Waals surface area contributed by atoms with Gasteiger partial charge in [-0.2, -0.15) is 4.31 Å². The molecule has 5 fully saturated rings. The molecule has 4 aliphatic carbocycles. The molecule has 1 saturated heterocycles. The molecule has 174 valence electrons. The van der Waals surface area contributed by atoms with Crippen LogP contribution in [0.5, 0.6) is 0 Å². The molecule has 1 aromatic rings. The molecule has 0 aromatic heterocycles. The van der Waals surface area contributed by atoms with Gasteiger partial charge in [-0.25, -0.2) is 8.42 Å². The lowest BCUT2D eigenvalue weighted by molar-refractivity contribution is -0.147. The second-order valence-electron chi connectivity index (χ2n) is 10.5. The fourth-order valence-corrected chi connectivity index (χ4v) is 8.43. The van der Waals surface area contributed by atoms with Crippen molar-refractivity contribution >= 4 is 27.5 Å². The van der Waals surface area contributed by atoms with Gasteiger partial charge in [0.15, 0.2) is 0 Å². The van der Waals surface area contributed by atoms with Crippen molar-refractivity contribution in [3.63, 3.8) is 0 Å². The lowest BCUT2D eigenvalue weighted by Gasteiger charge is -2.55. The van der Waals surface area contributed by atoms with E-state index in [0.29, 0.717) is 36.5 Å². The number of anilines is 1. The van der Waals surface area contributed by atoms with Crippen molar-refractivity contribution in [2.24, 2.45) is 23.2 Å². The summed E-state index contributed by atoms with van der Waals surface area (Å²) >= 11 is 0. The first-order valence-corrected chi connectivity index (χ1v) is 13.4. The molecule has 1 heterocycles. The molecule has 0 radical (unpaired) electrons. The van der Waals surface area contributed by atoms with Gasteiger partial charge in [0.05, 0.1) is 4.90 Å². The monoisotopic (exact) mass is 459 g/mol. The molecule has 8 heteroatoms. The zero-order valence-electron chi connectivity index (χ0n) is 18.7. The lowest BCUT2D eigenvalue weighted by Crippen LogP contribution is -2.56. The average molecular weight is 460 g/mol. The highest BCUT2D eigenvalue weighted by Crippen LogP contribution is 2.60. The van der Waals surface area contributed by atoms with Gasteiger partial charge in [-0.3, -0.25) is 9.59 Å². The topological polar surface area (TPSA) is 95.6 Å². The van der Waals surface area contributed by atoms with Crippen molar-refractivity contribution in [2.75, 3.05) is 18.4 Å². The van der Waals surface area contributed by atoms with Gasteiger partial charge in [0.25, 0.3) is 0 Å². The number of nitrogens with one attached hydrogen (secondary N) is 2. The molecule has 4 saturated carbocycles. The van der Waals surface area contributed by atoms with Crippen molar-refractivity contribution in [2.45, 2.75) is 69.2 Å². The van der Waals surface area contributed by atoms with Gasteiger partial charge in [-0.05, 0) is 94.2 Å². The number of amides is 2. The van der Waals surface area contributed by atoms with Crippen molar-refractivity contribution in [1.29, 1.82) is 0 Å². The van der Waals surface area contributed by atoms with Crippen molar-refractivity contribution in [3.8, 4) is 0 Å². The minimum atomic E-state index is -3.55. The average Bonchev–Trinajstić information content (AvgIpc) is 3.29. The van der Waals surface area contributed by atoms with Crippen LogP contribution in [0.25, 0.3) is 0 Å². The fourth-order valence-electron chi connectivity index (χ4n) is 6.87. The van der Waals surface area contributed by atoms with Crippen LogP contribution in [0.15, 0.2) is 29.2 Å². The van der Waals surface area contributed by atoms with Crippen molar-refractivity contribution in [1.82, 2.24) is 9.62 Å². The minimum Gasteiger partial charge on any atom is -0.344 e. The molecule has 0 unspecified atom stereocenters. The number of nitrogens with zero attached hydrogens (tertiary/aromatic N) is 1. The van der Waals surface area contributed by atoms with E-state index in [4.69, 9.17) is 0 Å². The highest BCUT2D eigenvalue weighted by molar-refractivity contribution is 7.89. The summed E-state index contributed by atoms with van der Waals surface area (Å²) in [5, 5.41) is 5.76. The maximum atomic E-state index is 13.2. The van der Waals surface area contributed by atoms with E-state index < -0.39 is 16.1 Å². The Morgan fingerprint density at radius 3 is 2.22 bits per heavy atom. The van der Waals surface area contributed by atoms with E-state index in [9.17, 15) is 18.0 Å². The standard InChI is InChI=1S/C24H33N3O4S/c1-16(25-23(29)24-13-17-9-18(14-24)11-19(10-17)15-24)22(28)26-20-5-4-6-21(12-20)32(30,31)27-7-2-3-8-27/h4-6,12,16-19H,2-3,7-11,13-15H2,1H3,(H,25,29)(H,26,28)/t16-,17?,18?,19?,24?/m0/s1. The first kappa shape index (κ1) is 21.9.